The minimum Gasteiger partial charge on any atom is -0.508 e. The van der Waals surface area contributed by atoms with Gasteiger partial charge in [-0.25, -0.2) is 0 Å². The molecule has 0 aliphatic carbocycles. The van der Waals surface area contributed by atoms with Gasteiger partial charge in [0.15, 0.2) is 0 Å². The van der Waals surface area contributed by atoms with Crippen LogP contribution in [0.4, 0.5) is 0 Å². The fourth-order valence-electron chi connectivity index (χ4n) is 2.42. The third-order valence-electron chi connectivity index (χ3n) is 3.59. The second-order valence-corrected chi connectivity index (χ2v) is 6.14. The Bertz CT molecular complexity index is 877. The van der Waals surface area contributed by atoms with Gasteiger partial charge in [0.25, 0.3) is 11.8 Å². The van der Waals surface area contributed by atoms with E-state index in [9.17, 15) is 19.8 Å². The van der Waals surface area contributed by atoms with Crippen LogP contribution in [0.5, 0.6) is 11.5 Å². The van der Waals surface area contributed by atoms with E-state index in [1.807, 2.05) is 0 Å². The van der Waals surface area contributed by atoms with Crippen LogP contribution in [0.25, 0.3) is 5.57 Å². The number of carbonyl (C=O) groups is 2. The molecule has 4 N–H and O–H groups in total. The second-order valence-electron chi connectivity index (χ2n) is 5.23. The summed E-state index contributed by atoms with van der Waals surface area (Å²) in [5.74, 6) is -0.874. The monoisotopic (exact) mass is 388 g/mol. The summed E-state index contributed by atoms with van der Waals surface area (Å²) in [6.07, 6.45) is 1.48. The number of amides is 2. The molecule has 1 heterocycles. The zero-order valence-corrected chi connectivity index (χ0v) is 13.9. The molecule has 0 saturated heterocycles. The number of aromatic hydroxyl groups is 2. The van der Waals surface area contributed by atoms with Crippen LogP contribution in [-0.4, -0.2) is 22.0 Å². The summed E-state index contributed by atoms with van der Waals surface area (Å²) in [6.45, 7) is 0.203. The topological polar surface area (TPSA) is 98.7 Å². The summed E-state index contributed by atoms with van der Waals surface area (Å²) in [6, 6.07) is 9.25. The van der Waals surface area contributed by atoms with Crippen molar-refractivity contribution < 1.29 is 19.8 Å². The molecule has 7 heteroatoms. The van der Waals surface area contributed by atoms with Crippen LogP contribution in [0.15, 0.2) is 47.1 Å². The number of hydrogen-bond acceptors (Lipinski definition) is 5. The lowest BCUT2D eigenvalue weighted by Crippen LogP contribution is -2.37. The molecule has 0 unspecified atom stereocenters. The number of halogens is 1. The zero-order chi connectivity index (χ0) is 17.3. The number of imide groups is 1. The van der Waals surface area contributed by atoms with E-state index >= 15 is 0 Å². The minimum absolute atomic E-state index is 0.0325. The average molecular weight is 389 g/mol. The number of carbonyl (C=O) groups excluding carboxylic acids is 2. The van der Waals surface area contributed by atoms with Gasteiger partial charge in [0, 0.05) is 33.9 Å². The smallest absolute Gasteiger partial charge is 0.260 e. The van der Waals surface area contributed by atoms with Crippen molar-refractivity contribution >= 4 is 33.3 Å². The molecule has 2 aromatic rings. The summed E-state index contributed by atoms with van der Waals surface area (Å²) in [7, 11) is 0. The average Bonchev–Trinajstić information content (AvgIpc) is 2.53. The fraction of sp³-hybridized carbons (Fsp3) is 0.0588. The predicted octanol–water partition coefficient (Wildman–Crippen LogP) is 2.26. The standard InChI is InChI=1S/C17H13BrN2O4/c18-10-1-3-12-13(6-10)14(17(24)20-16(12)23)8-19-7-9-5-11(21)2-4-15(9)22/h1-6,8,19,21-22H,7H2,(H,20,23,24). The van der Waals surface area contributed by atoms with Crippen molar-refractivity contribution in [3.63, 3.8) is 0 Å². The van der Waals surface area contributed by atoms with Crippen molar-refractivity contribution in [1.82, 2.24) is 10.6 Å². The van der Waals surface area contributed by atoms with E-state index in [4.69, 9.17) is 0 Å². The molecule has 3 rings (SSSR count). The molecule has 0 spiro atoms. The van der Waals surface area contributed by atoms with Gasteiger partial charge >= 0.3 is 0 Å². The molecule has 0 saturated carbocycles. The predicted molar refractivity (Wildman–Crippen MR) is 91.2 cm³/mol. The van der Waals surface area contributed by atoms with E-state index < -0.39 is 11.8 Å². The van der Waals surface area contributed by atoms with E-state index in [1.165, 1.54) is 24.4 Å². The molecule has 0 radical (unpaired) electrons. The molecule has 0 fully saturated rings. The molecule has 2 amide bonds. The summed E-state index contributed by atoms with van der Waals surface area (Å²) < 4.78 is 0.750. The van der Waals surface area contributed by atoms with Crippen LogP contribution in [0.2, 0.25) is 0 Å². The first kappa shape index (κ1) is 16.1. The number of benzene rings is 2. The maximum atomic E-state index is 12.1. The summed E-state index contributed by atoms with van der Waals surface area (Å²) in [5, 5.41) is 24.4. The molecular weight excluding hydrogens is 376 g/mol. The summed E-state index contributed by atoms with van der Waals surface area (Å²) >= 11 is 3.33. The molecule has 2 aromatic carbocycles. The third-order valence-corrected chi connectivity index (χ3v) is 4.08. The van der Waals surface area contributed by atoms with Gasteiger partial charge in [-0.2, -0.15) is 0 Å². The highest BCUT2D eigenvalue weighted by molar-refractivity contribution is 9.10. The van der Waals surface area contributed by atoms with Crippen LogP contribution < -0.4 is 10.6 Å². The van der Waals surface area contributed by atoms with E-state index in [0.29, 0.717) is 22.3 Å². The molecule has 122 valence electrons. The van der Waals surface area contributed by atoms with Crippen LogP contribution in [0.3, 0.4) is 0 Å². The van der Waals surface area contributed by atoms with Gasteiger partial charge in [-0.3, -0.25) is 14.9 Å². The van der Waals surface area contributed by atoms with Crippen LogP contribution in [-0.2, 0) is 11.3 Å². The lowest BCUT2D eigenvalue weighted by atomic mass is 9.95. The number of phenolic OH excluding ortho intramolecular Hbond substituents is 2. The highest BCUT2D eigenvalue weighted by Crippen LogP contribution is 2.27. The lowest BCUT2D eigenvalue weighted by molar-refractivity contribution is -0.114. The van der Waals surface area contributed by atoms with Crippen LogP contribution in [0.1, 0.15) is 21.5 Å². The number of hydrogen-bond donors (Lipinski definition) is 4. The van der Waals surface area contributed by atoms with Gasteiger partial charge < -0.3 is 15.5 Å². The number of fused-ring (bicyclic) bond motifs is 1. The Hall–Kier alpha value is -2.80. The lowest BCUT2D eigenvalue weighted by Gasteiger charge is -2.18. The van der Waals surface area contributed by atoms with E-state index in [0.717, 1.165) is 4.47 Å². The van der Waals surface area contributed by atoms with Crippen molar-refractivity contribution in [3.8, 4) is 11.5 Å². The molecule has 0 aromatic heterocycles. The summed E-state index contributed by atoms with van der Waals surface area (Å²) in [4.78, 5) is 24.0. The first-order valence-corrected chi connectivity index (χ1v) is 7.85. The van der Waals surface area contributed by atoms with Crippen LogP contribution in [0, 0.1) is 0 Å². The first-order chi connectivity index (χ1) is 11.5. The number of nitrogens with one attached hydrogen (secondary N) is 2. The van der Waals surface area contributed by atoms with Crippen molar-refractivity contribution in [2.75, 3.05) is 0 Å². The fourth-order valence-corrected chi connectivity index (χ4v) is 2.78. The molecule has 0 bridgehead atoms. The molecule has 1 aliphatic rings. The maximum Gasteiger partial charge on any atom is 0.260 e. The number of phenols is 2. The Kier molecular flexibility index (Phi) is 4.26. The SMILES string of the molecule is O=C1NC(=O)c2ccc(Br)cc2C1=CNCc1cc(O)ccc1O. The quantitative estimate of drug-likeness (QED) is 0.367. The normalized spacial score (nSPS) is 15.1. The van der Waals surface area contributed by atoms with Gasteiger partial charge in [0.05, 0.1) is 5.57 Å². The highest BCUT2D eigenvalue weighted by Gasteiger charge is 2.27. The molecule has 0 atom stereocenters. The zero-order valence-electron chi connectivity index (χ0n) is 12.3. The van der Waals surface area contributed by atoms with Gasteiger partial charge in [-0.1, -0.05) is 15.9 Å². The van der Waals surface area contributed by atoms with Crippen molar-refractivity contribution in [1.29, 1.82) is 0 Å². The number of rotatable bonds is 3. The van der Waals surface area contributed by atoms with E-state index in [2.05, 4.69) is 26.6 Å². The molecule has 24 heavy (non-hydrogen) atoms. The third kappa shape index (κ3) is 3.11. The molecule has 6 nitrogen and oxygen atoms in total. The Morgan fingerprint density at radius 3 is 2.62 bits per heavy atom. The molecular formula is C17H13BrN2O4. The van der Waals surface area contributed by atoms with Gasteiger partial charge in [-0.05, 0) is 36.4 Å². The second kappa shape index (κ2) is 6.37. The Balaban J connectivity index is 1.88. The van der Waals surface area contributed by atoms with Crippen LogP contribution >= 0.6 is 15.9 Å². The minimum atomic E-state index is -0.502. The van der Waals surface area contributed by atoms with Crippen molar-refractivity contribution in [2.45, 2.75) is 6.54 Å². The Morgan fingerprint density at radius 1 is 1.04 bits per heavy atom. The van der Waals surface area contributed by atoms with Gasteiger partial charge in [0.2, 0.25) is 0 Å². The van der Waals surface area contributed by atoms with Crippen molar-refractivity contribution in [2.24, 2.45) is 0 Å². The molecule has 1 aliphatic heterocycles. The first-order valence-electron chi connectivity index (χ1n) is 7.05. The van der Waals surface area contributed by atoms with Gasteiger partial charge in [-0.15, -0.1) is 0 Å². The Labute approximate surface area is 145 Å². The van der Waals surface area contributed by atoms with Crippen molar-refractivity contribution in [3.05, 3.63) is 63.8 Å². The van der Waals surface area contributed by atoms with E-state index in [-0.39, 0.29) is 18.0 Å². The maximum absolute atomic E-state index is 12.1. The van der Waals surface area contributed by atoms with E-state index in [1.54, 1.807) is 18.2 Å². The van der Waals surface area contributed by atoms with Gasteiger partial charge in [0.1, 0.15) is 11.5 Å². The summed E-state index contributed by atoms with van der Waals surface area (Å²) in [5.41, 5.74) is 1.72. The highest BCUT2D eigenvalue weighted by atomic mass is 79.9. The Morgan fingerprint density at radius 2 is 1.83 bits per heavy atom. The largest absolute Gasteiger partial charge is 0.508 e.